The summed E-state index contributed by atoms with van der Waals surface area (Å²) < 4.78 is 54.8. The molecule has 0 radical (unpaired) electrons. The van der Waals surface area contributed by atoms with Gasteiger partial charge in [-0.2, -0.15) is 28.2 Å². The SMILES string of the molecule is C=C(CCc1ccc(C(F)(F)F)cc1Cn1ncc(C)n1)N1CC2=C(C1)CN(C(=C)c1ccc(SN)cc1F)C2. The van der Waals surface area contributed by atoms with Gasteiger partial charge in [0.05, 0.1) is 24.0 Å². The molecule has 210 valence electrons. The van der Waals surface area contributed by atoms with Crippen LogP contribution in [0.15, 0.2) is 77.5 Å². The van der Waals surface area contributed by atoms with E-state index in [4.69, 9.17) is 5.14 Å². The Hall–Kier alpha value is -3.57. The van der Waals surface area contributed by atoms with Gasteiger partial charge < -0.3 is 9.80 Å². The number of halogens is 4. The second-order valence-electron chi connectivity index (χ2n) is 10.2. The van der Waals surface area contributed by atoms with Crippen LogP contribution < -0.4 is 5.14 Å². The minimum atomic E-state index is -4.43. The van der Waals surface area contributed by atoms with E-state index in [0.717, 1.165) is 42.4 Å². The Morgan fingerprint density at radius 3 is 2.30 bits per heavy atom. The zero-order chi connectivity index (χ0) is 28.6. The Kier molecular flexibility index (Phi) is 7.78. The van der Waals surface area contributed by atoms with Crippen LogP contribution in [-0.4, -0.2) is 51.0 Å². The zero-order valence-electron chi connectivity index (χ0n) is 22.1. The lowest BCUT2D eigenvalue weighted by Gasteiger charge is -2.28. The number of hydrogen-bond acceptors (Lipinski definition) is 6. The van der Waals surface area contributed by atoms with Gasteiger partial charge in [0.25, 0.3) is 0 Å². The summed E-state index contributed by atoms with van der Waals surface area (Å²) in [5.41, 5.74) is 5.95. The van der Waals surface area contributed by atoms with Crippen LogP contribution in [0, 0.1) is 12.7 Å². The smallest absolute Gasteiger partial charge is 0.367 e. The molecule has 2 N–H and O–H groups in total. The fourth-order valence-electron chi connectivity index (χ4n) is 5.21. The number of aryl methyl sites for hydroxylation is 2. The van der Waals surface area contributed by atoms with Crippen LogP contribution in [-0.2, 0) is 19.1 Å². The highest BCUT2D eigenvalue weighted by atomic mass is 32.2. The quantitative estimate of drug-likeness (QED) is 0.199. The first-order chi connectivity index (χ1) is 19.0. The van der Waals surface area contributed by atoms with Crippen LogP contribution in [0.25, 0.3) is 5.70 Å². The normalized spacial score (nSPS) is 15.2. The molecule has 2 aromatic carbocycles. The Labute approximate surface area is 235 Å². The molecule has 3 heterocycles. The van der Waals surface area contributed by atoms with Crippen LogP contribution in [0.2, 0.25) is 0 Å². The highest BCUT2D eigenvalue weighted by molar-refractivity contribution is 7.97. The molecule has 0 unspecified atom stereocenters. The molecule has 0 saturated carbocycles. The van der Waals surface area contributed by atoms with Crippen molar-refractivity contribution in [3.05, 3.63) is 106 Å². The summed E-state index contributed by atoms with van der Waals surface area (Å²) in [5, 5.41) is 13.9. The van der Waals surface area contributed by atoms with Crippen molar-refractivity contribution in [3.63, 3.8) is 0 Å². The molecular weight excluding hydrogens is 540 g/mol. The molecule has 3 aromatic rings. The van der Waals surface area contributed by atoms with Crippen molar-refractivity contribution >= 4 is 17.6 Å². The van der Waals surface area contributed by atoms with Crippen LogP contribution in [0.5, 0.6) is 0 Å². The molecule has 2 aliphatic rings. The van der Waals surface area contributed by atoms with E-state index in [1.807, 2.05) is 0 Å². The van der Waals surface area contributed by atoms with Crippen molar-refractivity contribution < 1.29 is 17.6 Å². The van der Waals surface area contributed by atoms with Crippen molar-refractivity contribution in [3.8, 4) is 0 Å². The summed E-state index contributed by atoms with van der Waals surface area (Å²) in [6, 6.07) is 8.78. The third kappa shape index (κ3) is 5.95. The van der Waals surface area contributed by atoms with Crippen LogP contribution in [0.1, 0.15) is 34.4 Å². The van der Waals surface area contributed by atoms with E-state index in [2.05, 4.69) is 33.2 Å². The van der Waals surface area contributed by atoms with Gasteiger partial charge in [0, 0.05) is 48.0 Å². The fraction of sp³-hybridized carbons (Fsp3) is 0.310. The van der Waals surface area contributed by atoms with Crippen molar-refractivity contribution in [1.82, 2.24) is 24.8 Å². The Morgan fingerprint density at radius 1 is 1.00 bits per heavy atom. The highest BCUT2D eigenvalue weighted by Gasteiger charge is 2.33. The van der Waals surface area contributed by atoms with Gasteiger partial charge >= 0.3 is 6.18 Å². The number of allylic oxidation sites excluding steroid dienone is 1. The average molecular weight is 571 g/mol. The van der Waals surface area contributed by atoms with Crippen molar-refractivity contribution in [2.45, 2.75) is 37.4 Å². The fourth-order valence-corrected chi connectivity index (χ4v) is 5.53. The number of nitrogens with two attached hydrogens (primary N) is 1. The molecule has 11 heteroatoms. The van der Waals surface area contributed by atoms with Gasteiger partial charge in [0.15, 0.2) is 0 Å². The minimum absolute atomic E-state index is 0.160. The predicted octanol–water partition coefficient (Wildman–Crippen LogP) is 5.80. The average Bonchev–Trinajstić information content (AvgIpc) is 3.61. The molecule has 0 aliphatic carbocycles. The van der Waals surface area contributed by atoms with Gasteiger partial charge in [-0.25, -0.2) is 4.39 Å². The van der Waals surface area contributed by atoms with Gasteiger partial charge in [-0.15, -0.1) is 0 Å². The molecule has 0 bridgehead atoms. The molecule has 1 aromatic heterocycles. The Bertz CT molecular complexity index is 1470. The monoisotopic (exact) mass is 570 g/mol. The van der Waals surface area contributed by atoms with Crippen LogP contribution in [0.4, 0.5) is 17.6 Å². The van der Waals surface area contributed by atoms with Gasteiger partial charge in [0.1, 0.15) is 5.82 Å². The lowest BCUT2D eigenvalue weighted by Crippen LogP contribution is -2.28. The maximum absolute atomic E-state index is 14.6. The lowest BCUT2D eigenvalue weighted by molar-refractivity contribution is -0.137. The molecule has 0 saturated heterocycles. The summed E-state index contributed by atoms with van der Waals surface area (Å²) in [4.78, 5) is 6.36. The van der Waals surface area contributed by atoms with Gasteiger partial charge in [-0.1, -0.05) is 19.2 Å². The van der Waals surface area contributed by atoms with Crippen molar-refractivity contribution in [2.75, 3.05) is 26.2 Å². The van der Waals surface area contributed by atoms with Crippen molar-refractivity contribution in [1.29, 1.82) is 0 Å². The molecule has 5 rings (SSSR count). The molecule has 0 spiro atoms. The number of benzene rings is 2. The molecule has 40 heavy (non-hydrogen) atoms. The summed E-state index contributed by atoms with van der Waals surface area (Å²) >= 11 is 1.00. The van der Waals surface area contributed by atoms with E-state index in [-0.39, 0.29) is 12.4 Å². The molecule has 0 atom stereocenters. The number of nitrogens with zero attached hydrogens (tertiary/aromatic N) is 5. The Balaban J connectivity index is 1.20. The number of rotatable bonds is 9. The van der Waals surface area contributed by atoms with E-state index in [9.17, 15) is 17.6 Å². The topological polar surface area (TPSA) is 63.2 Å². The molecule has 0 fully saturated rings. The van der Waals surface area contributed by atoms with E-state index < -0.39 is 11.7 Å². The minimum Gasteiger partial charge on any atom is -0.367 e. The van der Waals surface area contributed by atoms with Crippen LogP contribution in [0.3, 0.4) is 0 Å². The predicted molar refractivity (Wildman–Crippen MR) is 148 cm³/mol. The maximum Gasteiger partial charge on any atom is 0.416 e. The largest absolute Gasteiger partial charge is 0.416 e. The van der Waals surface area contributed by atoms with Gasteiger partial charge in [-0.05, 0) is 84.3 Å². The first-order valence-corrected chi connectivity index (χ1v) is 13.7. The first kappa shape index (κ1) is 28.0. The van der Waals surface area contributed by atoms with Gasteiger partial charge in [0.2, 0.25) is 0 Å². The Morgan fingerprint density at radius 2 is 1.70 bits per heavy atom. The summed E-state index contributed by atoms with van der Waals surface area (Å²) in [5.74, 6) is -0.344. The van der Waals surface area contributed by atoms with E-state index in [1.54, 1.807) is 31.3 Å². The highest BCUT2D eigenvalue weighted by Crippen LogP contribution is 2.35. The zero-order valence-corrected chi connectivity index (χ0v) is 23.0. The number of alkyl halides is 3. The second-order valence-corrected chi connectivity index (χ2v) is 10.9. The second kappa shape index (κ2) is 11.1. The third-order valence-electron chi connectivity index (χ3n) is 7.42. The molecular formula is C29H30F4N6S. The van der Waals surface area contributed by atoms with Crippen molar-refractivity contribution in [2.24, 2.45) is 5.14 Å². The number of hydrogen-bond donors (Lipinski definition) is 1. The first-order valence-electron chi connectivity index (χ1n) is 12.8. The standard InChI is InChI=1S/C29H30F4N6S/c1-18-12-35-39(36-18)17-22-10-25(29(31,32)33)7-6-21(22)5-4-19(2)37-13-23-15-38(16-24(23)14-37)20(3)27-9-8-26(40-34)11-28(27)30/h6-12H,2-5,13-17,34H2,1H3. The van der Waals surface area contributed by atoms with E-state index in [1.165, 1.54) is 28.1 Å². The van der Waals surface area contributed by atoms with Gasteiger partial charge in [-0.3, -0.25) is 5.14 Å². The molecule has 0 amide bonds. The molecule has 2 aliphatic heterocycles. The summed E-state index contributed by atoms with van der Waals surface area (Å²) in [6.45, 7) is 13.1. The summed E-state index contributed by atoms with van der Waals surface area (Å²) in [7, 11) is 0. The van der Waals surface area contributed by atoms with E-state index in [0.29, 0.717) is 53.3 Å². The van der Waals surface area contributed by atoms with Crippen LogP contribution >= 0.6 is 11.9 Å². The maximum atomic E-state index is 14.6. The lowest BCUT2D eigenvalue weighted by atomic mass is 9.99. The van der Waals surface area contributed by atoms with E-state index >= 15 is 0 Å². The summed E-state index contributed by atoms with van der Waals surface area (Å²) in [6.07, 6.45) is -1.69. The number of aromatic nitrogens is 3. The molecule has 6 nitrogen and oxygen atoms in total. The third-order valence-corrected chi connectivity index (χ3v) is 7.95.